The third kappa shape index (κ3) is 4.53. The van der Waals surface area contributed by atoms with Crippen molar-refractivity contribution in [2.75, 3.05) is 27.4 Å². The van der Waals surface area contributed by atoms with Crippen LogP contribution >= 0.6 is 0 Å². The first-order valence-corrected chi connectivity index (χ1v) is 10.4. The number of aliphatic hydroxyl groups is 1. The Bertz CT molecular complexity index is 1170. The molecular formula is C24H23NO9. The molecule has 2 N–H and O–H groups in total. The summed E-state index contributed by atoms with van der Waals surface area (Å²) in [5, 5.41) is 19.0. The van der Waals surface area contributed by atoms with Gasteiger partial charge in [-0.2, -0.15) is 0 Å². The largest absolute Gasteiger partial charge is 0.497 e. The van der Waals surface area contributed by atoms with Crippen LogP contribution in [0.15, 0.2) is 42.2 Å². The van der Waals surface area contributed by atoms with Crippen LogP contribution in [0, 0.1) is 0 Å². The molecule has 2 heterocycles. The van der Waals surface area contributed by atoms with Crippen molar-refractivity contribution in [2.45, 2.75) is 18.6 Å². The number of aliphatic carboxylic acids is 1. The number of carbonyl (C=O) groups excluding carboxylic acids is 2. The molecule has 0 aromatic heterocycles. The molecule has 1 fully saturated rings. The van der Waals surface area contributed by atoms with Crippen molar-refractivity contribution < 1.29 is 43.5 Å². The Hall–Kier alpha value is -4.05. The smallest absolute Gasteiger partial charge is 0.326 e. The SMILES string of the molecule is COc1ccc(OC)c(/C=C2\Oc3cc(OCC(=O)N4C[C@@H](O)C[C@H]4C(=O)O)ccc3C2=O)c1. The Morgan fingerprint density at radius 3 is 2.62 bits per heavy atom. The maximum absolute atomic E-state index is 12.8. The Labute approximate surface area is 194 Å². The lowest BCUT2D eigenvalue weighted by Gasteiger charge is -2.21. The van der Waals surface area contributed by atoms with E-state index in [1.807, 2.05) is 0 Å². The number of Topliss-reactive ketones (excluding diaryl/α,β-unsaturated/α-hetero) is 1. The second kappa shape index (κ2) is 9.44. The molecule has 178 valence electrons. The van der Waals surface area contributed by atoms with E-state index < -0.39 is 30.6 Å². The molecule has 0 aliphatic carbocycles. The highest BCUT2D eigenvalue weighted by Gasteiger charge is 2.39. The first kappa shape index (κ1) is 23.1. The van der Waals surface area contributed by atoms with Gasteiger partial charge in [-0.3, -0.25) is 9.59 Å². The summed E-state index contributed by atoms with van der Waals surface area (Å²) in [7, 11) is 3.05. The lowest BCUT2D eigenvalue weighted by Crippen LogP contribution is -2.42. The van der Waals surface area contributed by atoms with Gasteiger partial charge in [0.25, 0.3) is 5.91 Å². The third-order valence-electron chi connectivity index (χ3n) is 5.61. The number of likely N-dealkylation sites (tertiary alicyclic amines) is 1. The second-order valence-electron chi connectivity index (χ2n) is 7.78. The minimum Gasteiger partial charge on any atom is -0.497 e. The average Bonchev–Trinajstić information content (AvgIpc) is 3.37. The summed E-state index contributed by atoms with van der Waals surface area (Å²) in [6, 6.07) is 8.61. The van der Waals surface area contributed by atoms with E-state index in [0.717, 1.165) is 4.90 Å². The number of carbonyl (C=O) groups is 3. The predicted molar refractivity (Wildman–Crippen MR) is 118 cm³/mol. The topological polar surface area (TPSA) is 132 Å². The van der Waals surface area contributed by atoms with Gasteiger partial charge in [-0.15, -0.1) is 0 Å². The highest BCUT2D eigenvalue weighted by atomic mass is 16.5. The van der Waals surface area contributed by atoms with Crippen molar-refractivity contribution >= 4 is 23.7 Å². The van der Waals surface area contributed by atoms with Crippen LogP contribution in [-0.4, -0.2) is 72.3 Å². The lowest BCUT2D eigenvalue weighted by atomic mass is 10.1. The second-order valence-corrected chi connectivity index (χ2v) is 7.78. The van der Waals surface area contributed by atoms with Gasteiger partial charge < -0.3 is 34.1 Å². The number of allylic oxidation sites excluding steroid dienone is 1. The van der Waals surface area contributed by atoms with Crippen molar-refractivity contribution in [1.29, 1.82) is 0 Å². The standard InChI is InChI=1S/C24H23NO9/c1-31-15-4-6-19(32-2)13(7-15)8-21-23(28)17-5-3-16(10-20(17)34-21)33-12-22(27)25-11-14(26)9-18(25)24(29)30/h3-8,10,14,18,26H,9,11-12H2,1-2H3,(H,29,30)/b21-8-/t14-,18-/m0/s1. The van der Waals surface area contributed by atoms with Crippen molar-refractivity contribution in [3.63, 3.8) is 0 Å². The molecule has 10 nitrogen and oxygen atoms in total. The van der Waals surface area contributed by atoms with Crippen LogP contribution in [0.1, 0.15) is 22.3 Å². The molecule has 10 heteroatoms. The first-order chi connectivity index (χ1) is 16.3. The number of β-amino-alcohol motifs (C(OH)–C–C–N with tert-alkyl or cyclic N) is 1. The van der Waals surface area contributed by atoms with Gasteiger partial charge >= 0.3 is 5.97 Å². The number of aliphatic hydroxyl groups excluding tert-OH is 1. The van der Waals surface area contributed by atoms with Gasteiger partial charge in [-0.25, -0.2) is 4.79 Å². The van der Waals surface area contributed by atoms with E-state index in [1.165, 1.54) is 32.4 Å². The lowest BCUT2D eigenvalue weighted by molar-refractivity contribution is -0.148. The van der Waals surface area contributed by atoms with Crippen LogP contribution in [0.3, 0.4) is 0 Å². The Balaban J connectivity index is 1.47. The number of benzene rings is 2. The molecule has 4 rings (SSSR count). The van der Waals surface area contributed by atoms with Gasteiger partial charge in [0.05, 0.1) is 25.9 Å². The van der Waals surface area contributed by atoms with Crippen LogP contribution in [0.25, 0.3) is 6.08 Å². The van der Waals surface area contributed by atoms with E-state index in [-0.39, 0.29) is 36.0 Å². The predicted octanol–water partition coefficient (Wildman–Crippen LogP) is 1.75. The number of carboxylic acids is 1. The number of ketones is 1. The number of fused-ring (bicyclic) bond motifs is 1. The number of methoxy groups -OCH3 is 2. The van der Waals surface area contributed by atoms with Crippen LogP contribution in [0.5, 0.6) is 23.0 Å². The number of hydrogen-bond donors (Lipinski definition) is 2. The van der Waals surface area contributed by atoms with Crippen LogP contribution in [0.4, 0.5) is 0 Å². The van der Waals surface area contributed by atoms with Gasteiger partial charge in [0.15, 0.2) is 12.4 Å². The molecule has 0 radical (unpaired) electrons. The zero-order valence-electron chi connectivity index (χ0n) is 18.5. The summed E-state index contributed by atoms with van der Waals surface area (Å²) < 4.78 is 21.8. The summed E-state index contributed by atoms with van der Waals surface area (Å²) in [6.45, 7) is -0.490. The van der Waals surface area contributed by atoms with Crippen molar-refractivity contribution in [2.24, 2.45) is 0 Å². The third-order valence-corrected chi connectivity index (χ3v) is 5.61. The van der Waals surface area contributed by atoms with E-state index in [2.05, 4.69) is 0 Å². The van der Waals surface area contributed by atoms with Gasteiger partial charge in [-0.05, 0) is 36.4 Å². The molecule has 2 aliphatic rings. The summed E-state index contributed by atoms with van der Waals surface area (Å²) in [4.78, 5) is 37.6. The average molecular weight is 469 g/mol. The fourth-order valence-corrected chi connectivity index (χ4v) is 3.90. The fourth-order valence-electron chi connectivity index (χ4n) is 3.90. The van der Waals surface area contributed by atoms with Crippen LogP contribution < -0.4 is 18.9 Å². The molecular weight excluding hydrogens is 446 g/mol. The Morgan fingerprint density at radius 1 is 1.15 bits per heavy atom. The monoisotopic (exact) mass is 469 g/mol. The Morgan fingerprint density at radius 2 is 1.91 bits per heavy atom. The number of amides is 1. The van der Waals surface area contributed by atoms with E-state index >= 15 is 0 Å². The van der Waals surface area contributed by atoms with Crippen molar-refractivity contribution in [3.05, 3.63) is 53.3 Å². The zero-order chi connectivity index (χ0) is 24.4. The van der Waals surface area contributed by atoms with E-state index in [1.54, 1.807) is 24.3 Å². The van der Waals surface area contributed by atoms with Gasteiger partial charge in [0.1, 0.15) is 29.0 Å². The van der Waals surface area contributed by atoms with Crippen molar-refractivity contribution in [1.82, 2.24) is 4.90 Å². The normalized spacial score (nSPS) is 20.1. The van der Waals surface area contributed by atoms with E-state index in [0.29, 0.717) is 22.6 Å². The highest BCUT2D eigenvalue weighted by Crippen LogP contribution is 2.36. The zero-order valence-corrected chi connectivity index (χ0v) is 18.5. The molecule has 0 spiro atoms. The first-order valence-electron chi connectivity index (χ1n) is 10.4. The van der Waals surface area contributed by atoms with Gasteiger partial charge in [0.2, 0.25) is 5.78 Å². The molecule has 0 saturated carbocycles. The summed E-state index contributed by atoms with van der Waals surface area (Å²) in [5.41, 5.74) is 0.932. The molecule has 2 aromatic carbocycles. The summed E-state index contributed by atoms with van der Waals surface area (Å²) >= 11 is 0. The van der Waals surface area contributed by atoms with E-state index in [4.69, 9.17) is 18.9 Å². The maximum Gasteiger partial charge on any atom is 0.326 e. The Kier molecular flexibility index (Phi) is 6.42. The molecule has 34 heavy (non-hydrogen) atoms. The minimum absolute atomic E-state index is 0.0247. The molecule has 2 atom stereocenters. The van der Waals surface area contributed by atoms with Crippen LogP contribution in [0.2, 0.25) is 0 Å². The number of rotatable bonds is 7. The number of nitrogens with zero attached hydrogens (tertiary/aromatic N) is 1. The molecule has 2 aromatic rings. The fraction of sp³-hybridized carbons (Fsp3) is 0.292. The number of carboxylic acid groups (broad SMARTS) is 1. The number of ether oxygens (including phenoxy) is 4. The summed E-state index contributed by atoms with van der Waals surface area (Å²) in [5.74, 6) is -0.312. The quantitative estimate of drug-likeness (QED) is 0.582. The summed E-state index contributed by atoms with van der Waals surface area (Å²) in [6.07, 6.45) is 0.638. The van der Waals surface area contributed by atoms with Gasteiger partial charge in [-0.1, -0.05) is 0 Å². The van der Waals surface area contributed by atoms with Crippen molar-refractivity contribution in [3.8, 4) is 23.0 Å². The highest BCUT2D eigenvalue weighted by molar-refractivity contribution is 6.14. The van der Waals surface area contributed by atoms with Crippen LogP contribution in [-0.2, 0) is 9.59 Å². The van der Waals surface area contributed by atoms with E-state index in [9.17, 15) is 24.6 Å². The minimum atomic E-state index is -1.18. The maximum atomic E-state index is 12.8. The molecule has 1 saturated heterocycles. The van der Waals surface area contributed by atoms with Gasteiger partial charge in [0, 0.05) is 24.6 Å². The molecule has 1 amide bonds. The molecule has 0 bridgehead atoms. The molecule has 0 unspecified atom stereocenters. The number of hydrogen-bond acceptors (Lipinski definition) is 8. The molecule has 2 aliphatic heterocycles.